The van der Waals surface area contributed by atoms with E-state index in [2.05, 4.69) is 22.4 Å². The number of ether oxygens (including phenoxy) is 1. The van der Waals surface area contributed by atoms with Crippen molar-refractivity contribution in [3.05, 3.63) is 70.7 Å². The number of anilines is 1. The summed E-state index contributed by atoms with van der Waals surface area (Å²) in [5, 5.41) is 13.9. The Bertz CT molecular complexity index is 1240. The SMILES string of the molecule is CN(C(=O)c1csc(NC(=O)OCC2c3ccccc3-c3ccccc32)n1)C1(C(=O)O)CCC1. The highest BCUT2D eigenvalue weighted by Crippen LogP contribution is 2.44. The van der Waals surface area contributed by atoms with Gasteiger partial charge in [-0.05, 0) is 41.5 Å². The van der Waals surface area contributed by atoms with Crippen molar-refractivity contribution in [2.75, 3.05) is 19.0 Å². The molecule has 1 fully saturated rings. The first-order valence-electron chi connectivity index (χ1n) is 11.0. The fourth-order valence-corrected chi connectivity index (χ4v) is 5.39. The van der Waals surface area contributed by atoms with Crippen LogP contribution in [0.3, 0.4) is 0 Å². The van der Waals surface area contributed by atoms with Gasteiger partial charge in [-0.3, -0.25) is 10.1 Å². The summed E-state index contributed by atoms with van der Waals surface area (Å²) in [7, 11) is 1.48. The highest BCUT2D eigenvalue weighted by Gasteiger charge is 2.50. The van der Waals surface area contributed by atoms with Crippen LogP contribution in [0.4, 0.5) is 9.93 Å². The van der Waals surface area contributed by atoms with Gasteiger partial charge in [0.25, 0.3) is 5.91 Å². The van der Waals surface area contributed by atoms with E-state index in [1.165, 1.54) is 17.3 Å². The van der Waals surface area contributed by atoms with E-state index in [0.29, 0.717) is 12.8 Å². The summed E-state index contributed by atoms with van der Waals surface area (Å²) >= 11 is 1.09. The Balaban J connectivity index is 1.23. The van der Waals surface area contributed by atoms with Gasteiger partial charge in [0.2, 0.25) is 0 Å². The largest absolute Gasteiger partial charge is 0.479 e. The minimum atomic E-state index is -1.18. The number of carboxylic acids is 1. The lowest BCUT2D eigenvalue weighted by Gasteiger charge is -2.44. The van der Waals surface area contributed by atoms with Gasteiger partial charge in [-0.25, -0.2) is 14.6 Å². The summed E-state index contributed by atoms with van der Waals surface area (Å²) < 4.78 is 5.52. The molecule has 1 heterocycles. The van der Waals surface area contributed by atoms with Crippen LogP contribution in [0.2, 0.25) is 0 Å². The molecule has 0 unspecified atom stereocenters. The standard InChI is InChI=1S/C25H23N3O5S/c1-28(25(22(30)31)11-6-12-25)21(29)20-14-34-23(26-20)27-24(32)33-13-19-17-9-4-2-7-15(17)16-8-3-5-10-18(16)19/h2-5,7-10,14,19H,6,11-13H2,1H3,(H,30,31)(H,26,27,32). The Kier molecular flexibility index (Phi) is 5.57. The third-order valence-corrected chi connectivity index (χ3v) is 7.56. The molecule has 3 aromatic rings. The first kappa shape index (κ1) is 22.1. The Morgan fingerprint density at radius 1 is 1.12 bits per heavy atom. The van der Waals surface area contributed by atoms with Crippen LogP contribution in [0.1, 0.15) is 46.8 Å². The second kappa shape index (κ2) is 8.57. The Labute approximate surface area is 200 Å². The number of aromatic nitrogens is 1. The molecule has 2 amide bonds. The van der Waals surface area contributed by atoms with E-state index in [9.17, 15) is 19.5 Å². The van der Waals surface area contributed by atoms with Crippen LogP contribution in [0.5, 0.6) is 0 Å². The molecule has 5 rings (SSSR count). The number of rotatable bonds is 6. The zero-order valence-corrected chi connectivity index (χ0v) is 19.3. The molecule has 34 heavy (non-hydrogen) atoms. The summed E-state index contributed by atoms with van der Waals surface area (Å²) in [6.07, 6.45) is 0.930. The van der Waals surface area contributed by atoms with Gasteiger partial charge in [-0.1, -0.05) is 48.5 Å². The first-order chi connectivity index (χ1) is 16.4. The molecular weight excluding hydrogens is 454 g/mol. The van der Waals surface area contributed by atoms with Crippen molar-refractivity contribution >= 4 is 34.4 Å². The lowest BCUT2D eigenvalue weighted by atomic mass is 9.75. The lowest BCUT2D eigenvalue weighted by molar-refractivity contribution is -0.154. The number of carboxylic acid groups (broad SMARTS) is 1. The van der Waals surface area contributed by atoms with Gasteiger partial charge < -0.3 is 14.7 Å². The lowest BCUT2D eigenvalue weighted by Crippen LogP contribution is -2.59. The molecule has 0 bridgehead atoms. The van der Waals surface area contributed by atoms with Crippen molar-refractivity contribution in [3.63, 3.8) is 0 Å². The topological polar surface area (TPSA) is 109 Å². The number of likely N-dealkylation sites (N-methyl/N-ethyl adjacent to an activating group) is 1. The number of nitrogens with zero attached hydrogens (tertiary/aromatic N) is 2. The van der Waals surface area contributed by atoms with Gasteiger partial charge in [0.1, 0.15) is 17.8 Å². The van der Waals surface area contributed by atoms with Crippen LogP contribution in [-0.4, -0.2) is 52.2 Å². The third kappa shape index (κ3) is 3.62. The second-order valence-electron chi connectivity index (χ2n) is 8.54. The molecule has 0 saturated heterocycles. The number of carbonyl (C=O) groups excluding carboxylic acids is 2. The van der Waals surface area contributed by atoms with Crippen LogP contribution in [0, 0.1) is 0 Å². The van der Waals surface area contributed by atoms with Crippen molar-refractivity contribution in [3.8, 4) is 11.1 Å². The summed E-state index contributed by atoms with van der Waals surface area (Å²) in [4.78, 5) is 42.4. The predicted octanol–water partition coefficient (Wildman–Crippen LogP) is 4.58. The van der Waals surface area contributed by atoms with Crippen molar-refractivity contribution in [2.45, 2.75) is 30.7 Å². The maximum Gasteiger partial charge on any atom is 0.413 e. The monoisotopic (exact) mass is 477 g/mol. The Hall–Kier alpha value is -3.72. The molecule has 1 aromatic heterocycles. The molecular formula is C25H23N3O5S. The molecule has 0 spiro atoms. The molecule has 1 saturated carbocycles. The highest BCUT2D eigenvalue weighted by molar-refractivity contribution is 7.14. The Morgan fingerprint density at radius 2 is 1.74 bits per heavy atom. The molecule has 2 aromatic carbocycles. The van der Waals surface area contributed by atoms with Gasteiger partial charge in [0.05, 0.1) is 0 Å². The van der Waals surface area contributed by atoms with Crippen LogP contribution in [0.25, 0.3) is 11.1 Å². The molecule has 0 atom stereocenters. The summed E-state index contributed by atoms with van der Waals surface area (Å²) in [5.74, 6) is -1.56. The number of carbonyl (C=O) groups is 3. The second-order valence-corrected chi connectivity index (χ2v) is 9.40. The number of fused-ring (bicyclic) bond motifs is 3. The van der Waals surface area contributed by atoms with Gasteiger partial charge in [-0.15, -0.1) is 11.3 Å². The van der Waals surface area contributed by atoms with Crippen LogP contribution < -0.4 is 5.32 Å². The number of benzene rings is 2. The summed E-state index contributed by atoms with van der Waals surface area (Å²) in [6, 6.07) is 16.2. The van der Waals surface area contributed by atoms with E-state index in [1.54, 1.807) is 0 Å². The minimum absolute atomic E-state index is 0.0603. The smallest absolute Gasteiger partial charge is 0.413 e. The van der Waals surface area contributed by atoms with Crippen molar-refractivity contribution in [1.29, 1.82) is 0 Å². The fourth-order valence-electron chi connectivity index (χ4n) is 4.72. The summed E-state index contributed by atoms with van der Waals surface area (Å²) in [5.41, 5.74) is 3.43. The summed E-state index contributed by atoms with van der Waals surface area (Å²) in [6.45, 7) is 0.168. The maximum absolute atomic E-state index is 12.8. The quantitative estimate of drug-likeness (QED) is 0.538. The molecule has 174 valence electrons. The fraction of sp³-hybridized carbons (Fsp3) is 0.280. The van der Waals surface area contributed by atoms with Gasteiger partial charge in [0.15, 0.2) is 5.13 Å². The normalized spacial score (nSPS) is 15.6. The van der Waals surface area contributed by atoms with E-state index in [-0.39, 0.29) is 23.4 Å². The van der Waals surface area contributed by atoms with E-state index in [4.69, 9.17) is 4.74 Å². The van der Waals surface area contributed by atoms with Crippen molar-refractivity contribution < 1.29 is 24.2 Å². The van der Waals surface area contributed by atoms with E-state index >= 15 is 0 Å². The van der Waals surface area contributed by atoms with Crippen LogP contribution >= 0.6 is 11.3 Å². The van der Waals surface area contributed by atoms with Crippen molar-refractivity contribution in [1.82, 2.24) is 9.88 Å². The zero-order valence-electron chi connectivity index (χ0n) is 18.5. The van der Waals surface area contributed by atoms with E-state index in [0.717, 1.165) is 40.0 Å². The van der Waals surface area contributed by atoms with Crippen LogP contribution in [-0.2, 0) is 9.53 Å². The zero-order chi connectivity index (χ0) is 23.9. The van der Waals surface area contributed by atoms with Gasteiger partial charge in [-0.2, -0.15) is 0 Å². The highest BCUT2D eigenvalue weighted by atomic mass is 32.1. The average molecular weight is 478 g/mol. The molecule has 2 N–H and O–H groups in total. The molecule has 2 aliphatic rings. The minimum Gasteiger partial charge on any atom is -0.479 e. The number of amides is 2. The van der Waals surface area contributed by atoms with Gasteiger partial charge >= 0.3 is 12.1 Å². The van der Waals surface area contributed by atoms with Crippen molar-refractivity contribution in [2.24, 2.45) is 0 Å². The number of thiazole rings is 1. The molecule has 8 nitrogen and oxygen atoms in total. The number of hydrogen-bond donors (Lipinski definition) is 2. The average Bonchev–Trinajstić information content (AvgIpc) is 3.39. The third-order valence-electron chi connectivity index (χ3n) is 6.80. The van der Waals surface area contributed by atoms with Gasteiger partial charge in [0, 0.05) is 18.3 Å². The molecule has 0 aliphatic heterocycles. The molecule has 2 aliphatic carbocycles. The maximum atomic E-state index is 12.8. The van der Waals surface area contributed by atoms with Crippen LogP contribution in [0.15, 0.2) is 53.9 Å². The molecule has 0 radical (unpaired) electrons. The first-order valence-corrected chi connectivity index (χ1v) is 11.9. The number of nitrogens with one attached hydrogen (secondary N) is 1. The predicted molar refractivity (Wildman–Crippen MR) is 127 cm³/mol. The van der Waals surface area contributed by atoms with E-state index < -0.39 is 23.5 Å². The molecule has 9 heteroatoms. The number of hydrogen-bond acceptors (Lipinski definition) is 6. The number of aliphatic carboxylic acids is 1. The Morgan fingerprint density at radius 3 is 2.29 bits per heavy atom. The van der Waals surface area contributed by atoms with E-state index in [1.807, 2.05) is 36.4 Å².